The number of ether oxygens (including phenoxy) is 1. The lowest BCUT2D eigenvalue weighted by Gasteiger charge is -2.11. The van der Waals surface area contributed by atoms with Crippen molar-refractivity contribution in [3.8, 4) is 5.75 Å². The van der Waals surface area contributed by atoms with Crippen LogP contribution in [0.15, 0.2) is 54.6 Å². The second-order valence-corrected chi connectivity index (χ2v) is 8.06. The minimum Gasteiger partial charge on any atom is -0.493 e. The minimum atomic E-state index is -0.590. The maximum absolute atomic E-state index is 12.9. The molecule has 6 heteroatoms. The summed E-state index contributed by atoms with van der Waals surface area (Å²) in [5.74, 6) is 0.834. The van der Waals surface area contributed by atoms with E-state index in [-0.39, 0.29) is 11.9 Å². The number of nitrogens with one attached hydrogen (secondary N) is 2. The van der Waals surface area contributed by atoms with E-state index in [0.29, 0.717) is 11.5 Å². The van der Waals surface area contributed by atoms with Gasteiger partial charge in [0.15, 0.2) is 0 Å². The molecule has 2 aliphatic carbocycles. The summed E-state index contributed by atoms with van der Waals surface area (Å²) in [6, 6.07) is 15.4. The van der Waals surface area contributed by atoms with Crippen LogP contribution in [0.4, 0.5) is 0 Å². The summed E-state index contributed by atoms with van der Waals surface area (Å²) in [5.41, 5.74) is 4.67. The Bertz CT molecular complexity index is 985. The highest BCUT2D eigenvalue weighted by Gasteiger charge is 2.25. The van der Waals surface area contributed by atoms with Gasteiger partial charge in [-0.3, -0.25) is 14.8 Å². The van der Waals surface area contributed by atoms with Crippen LogP contribution < -0.4 is 15.5 Å². The van der Waals surface area contributed by atoms with Crippen molar-refractivity contribution < 1.29 is 19.5 Å². The van der Waals surface area contributed by atoms with Gasteiger partial charge in [-0.25, -0.2) is 5.48 Å². The monoisotopic (exact) mass is 418 g/mol. The summed E-state index contributed by atoms with van der Waals surface area (Å²) in [6.07, 6.45) is 9.24. The molecule has 3 N–H and O–H groups in total. The molecule has 4 rings (SSSR count). The third-order valence-electron chi connectivity index (χ3n) is 5.29. The maximum atomic E-state index is 12.9. The lowest BCUT2D eigenvalue weighted by molar-refractivity contribution is -0.124. The Morgan fingerprint density at radius 1 is 0.968 bits per heavy atom. The lowest BCUT2D eigenvalue weighted by atomic mass is 10.0. The van der Waals surface area contributed by atoms with E-state index in [2.05, 4.69) is 5.32 Å². The first-order valence-corrected chi connectivity index (χ1v) is 10.6. The van der Waals surface area contributed by atoms with Gasteiger partial charge in [0, 0.05) is 17.7 Å². The quantitative estimate of drug-likeness (QED) is 0.250. The van der Waals surface area contributed by atoms with Gasteiger partial charge in [0.25, 0.3) is 11.8 Å². The summed E-state index contributed by atoms with van der Waals surface area (Å²) >= 11 is 0. The Morgan fingerprint density at radius 3 is 2.26 bits per heavy atom. The summed E-state index contributed by atoms with van der Waals surface area (Å²) in [7, 11) is 0. The van der Waals surface area contributed by atoms with Gasteiger partial charge in [-0.15, -0.1) is 0 Å². The van der Waals surface area contributed by atoms with E-state index in [1.54, 1.807) is 11.6 Å². The Kier molecular flexibility index (Phi) is 6.48. The SMILES string of the molecule is O=C(/C=C/c1ccc(C=C(C(=O)NC2CC2)c2ccc(OCC3CC3)cc2)cc1)NO. The zero-order valence-electron chi connectivity index (χ0n) is 17.2. The molecule has 160 valence electrons. The van der Waals surface area contributed by atoms with Gasteiger partial charge in [-0.1, -0.05) is 36.4 Å². The van der Waals surface area contributed by atoms with Gasteiger partial charge >= 0.3 is 0 Å². The molecule has 2 aromatic carbocycles. The second kappa shape index (κ2) is 9.62. The minimum absolute atomic E-state index is 0.0854. The predicted octanol–water partition coefficient (Wildman–Crippen LogP) is 3.81. The average molecular weight is 418 g/mol. The maximum Gasteiger partial charge on any atom is 0.267 e. The first-order chi connectivity index (χ1) is 15.1. The van der Waals surface area contributed by atoms with Crippen molar-refractivity contribution in [1.82, 2.24) is 10.8 Å². The van der Waals surface area contributed by atoms with Crippen molar-refractivity contribution in [2.45, 2.75) is 31.7 Å². The van der Waals surface area contributed by atoms with Crippen LogP contribution in [0, 0.1) is 5.92 Å². The van der Waals surface area contributed by atoms with E-state index in [1.165, 1.54) is 18.9 Å². The van der Waals surface area contributed by atoms with E-state index < -0.39 is 5.91 Å². The van der Waals surface area contributed by atoms with Gasteiger partial charge < -0.3 is 10.1 Å². The van der Waals surface area contributed by atoms with Crippen LogP contribution in [0.3, 0.4) is 0 Å². The Labute approximate surface area is 181 Å². The van der Waals surface area contributed by atoms with E-state index in [4.69, 9.17) is 9.94 Å². The number of benzene rings is 2. The van der Waals surface area contributed by atoms with Gasteiger partial charge in [0.2, 0.25) is 0 Å². The highest BCUT2D eigenvalue weighted by molar-refractivity contribution is 6.24. The molecule has 0 aromatic heterocycles. The van der Waals surface area contributed by atoms with Crippen LogP contribution in [-0.2, 0) is 9.59 Å². The van der Waals surface area contributed by atoms with E-state index >= 15 is 0 Å². The molecule has 6 nitrogen and oxygen atoms in total. The lowest BCUT2D eigenvalue weighted by Crippen LogP contribution is -2.26. The van der Waals surface area contributed by atoms with Crippen molar-refractivity contribution >= 4 is 29.5 Å². The van der Waals surface area contributed by atoms with Crippen molar-refractivity contribution in [3.05, 3.63) is 71.3 Å². The predicted molar refractivity (Wildman–Crippen MR) is 119 cm³/mol. The van der Waals surface area contributed by atoms with Gasteiger partial charge in [-0.2, -0.15) is 0 Å². The molecule has 0 spiro atoms. The molecular formula is C25H26N2O4. The topological polar surface area (TPSA) is 87.7 Å². The van der Waals surface area contributed by atoms with Crippen LogP contribution in [0.5, 0.6) is 5.75 Å². The standard InChI is InChI=1S/C25H26N2O4/c28-24(27-30)14-7-17-1-3-18(4-2-17)15-23(25(29)26-21-10-11-21)20-8-12-22(13-9-20)31-16-19-5-6-19/h1-4,7-9,12-15,19,21,30H,5-6,10-11,16H2,(H,26,29)(H,27,28)/b14-7+,23-15?. The molecule has 0 saturated heterocycles. The molecule has 2 fully saturated rings. The molecule has 0 bridgehead atoms. The fourth-order valence-corrected chi connectivity index (χ4v) is 3.08. The number of amides is 2. The summed E-state index contributed by atoms with van der Waals surface area (Å²) in [4.78, 5) is 24.0. The number of hydrogen-bond donors (Lipinski definition) is 3. The summed E-state index contributed by atoms with van der Waals surface area (Å²) < 4.78 is 5.81. The first kappa shape index (κ1) is 20.9. The molecule has 0 heterocycles. The molecule has 2 aromatic rings. The molecule has 31 heavy (non-hydrogen) atoms. The summed E-state index contributed by atoms with van der Waals surface area (Å²) in [5, 5.41) is 11.6. The van der Waals surface area contributed by atoms with Crippen molar-refractivity contribution in [2.24, 2.45) is 5.92 Å². The number of rotatable bonds is 9. The highest BCUT2D eigenvalue weighted by Crippen LogP contribution is 2.30. The largest absolute Gasteiger partial charge is 0.493 e. The van der Waals surface area contributed by atoms with Crippen LogP contribution >= 0.6 is 0 Å². The molecule has 0 radical (unpaired) electrons. The van der Waals surface area contributed by atoms with Gasteiger partial charge in [-0.05, 0) is 72.6 Å². The highest BCUT2D eigenvalue weighted by atomic mass is 16.5. The molecular weight excluding hydrogens is 392 g/mol. The third kappa shape index (κ3) is 6.30. The molecule has 0 atom stereocenters. The number of carbonyl (C=O) groups excluding carboxylic acids is 2. The van der Waals surface area contributed by atoms with E-state index in [0.717, 1.165) is 41.9 Å². The number of hydroxylamine groups is 1. The Balaban J connectivity index is 1.52. The molecule has 2 saturated carbocycles. The first-order valence-electron chi connectivity index (χ1n) is 10.6. The second-order valence-electron chi connectivity index (χ2n) is 8.06. The summed E-state index contributed by atoms with van der Waals surface area (Å²) in [6.45, 7) is 0.755. The molecule has 0 aliphatic heterocycles. The van der Waals surface area contributed by atoms with E-state index in [1.807, 2.05) is 54.6 Å². The average Bonchev–Trinajstić information content (AvgIpc) is 3.71. The van der Waals surface area contributed by atoms with Crippen molar-refractivity contribution in [3.63, 3.8) is 0 Å². The smallest absolute Gasteiger partial charge is 0.267 e. The van der Waals surface area contributed by atoms with Crippen molar-refractivity contribution in [1.29, 1.82) is 0 Å². The zero-order valence-corrected chi connectivity index (χ0v) is 17.2. The Hall–Kier alpha value is -3.38. The normalized spacial score (nSPS) is 16.2. The van der Waals surface area contributed by atoms with Gasteiger partial charge in [0.05, 0.1) is 6.61 Å². The number of hydrogen-bond acceptors (Lipinski definition) is 4. The zero-order chi connectivity index (χ0) is 21.6. The fourth-order valence-electron chi connectivity index (χ4n) is 3.08. The molecule has 2 amide bonds. The van der Waals surface area contributed by atoms with Crippen LogP contribution in [0.1, 0.15) is 42.4 Å². The Morgan fingerprint density at radius 2 is 1.65 bits per heavy atom. The van der Waals surface area contributed by atoms with Crippen LogP contribution in [-0.4, -0.2) is 29.7 Å². The van der Waals surface area contributed by atoms with Crippen molar-refractivity contribution in [2.75, 3.05) is 6.61 Å². The van der Waals surface area contributed by atoms with Crippen LogP contribution in [0.2, 0.25) is 0 Å². The number of carbonyl (C=O) groups is 2. The molecule has 0 unspecified atom stereocenters. The van der Waals surface area contributed by atoms with Crippen LogP contribution in [0.25, 0.3) is 17.7 Å². The fraction of sp³-hybridized carbons (Fsp3) is 0.280. The van der Waals surface area contributed by atoms with Gasteiger partial charge in [0.1, 0.15) is 5.75 Å². The molecule has 2 aliphatic rings. The third-order valence-corrected chi connectivity index (χ3v) is 5.29. The van der Waals surface area contributed by atoms with E-state index in [9.17, 15) is 9.59 Å².